The Morgan fingerprint density at radius 1 is 1.06 bits per heavy atom. The normalized spacial score (nSPS) is 17.9. The Kier molecular flexibility index (Phi) is 4.24. The molecule has 32 heavy (non-hydrogen) atoms. The fourth-order valence-corrected chi connectivity index (χ4v) is 4.39. The number of benzene rings is 1. The van der Waals surface area contributed by atoms with Crippen LogP contribution in [0.15, 0.2) is 48.1 Å². The molecular formula is C23H18F2N6O. The van der Waals surface area contributed by atoms with Crippen molar-refractivity contribution in [2.45, 2.75) is 25.2 Å². The highest BCUT2D eigenvalue weighted by Crippen LogP contribution is 2.39. The number of fused-ring (bicyclic) bond motifs is 3. The molecule has 6 rings (SSSR count). The number of hydrogen-bond donors (Lipinski definition) is 0. The van der Waals surface area contributed by atoms with Crippen molar-refractivity contribution in [3.63, 3.8) is 0 Å². The second-order valence-corrected chi connectivity index (χ2v) is 8.17. The van der Waals surface area contributed by atoms with Crippen LogP contribution in [0.4, 0.5) is 8.78 Å². The highest BCUT2D eigenvalue weighted by atomic mass is 19.1. The number of hydrogen-bond acceptors (Lipinski definition) is 5. The summed E-state index contributed by atoms with van der Waals surface area (Å²) in [5, 5.41) is 0. The van der Waals surface area contributed by atoms with Gasteiger partial charge < -0.3 is 4.90 Å². The Morgan fingerprint density at radius 2 is 1.88 bits per heavy atom. The summed E-state index contributed by atoms with van der Waals surface area (Å²) in [6.45, 7) is 0.428. The summed E-state index contributed by atoms with van der Waals surface area (Å²) in [6.07, 6.45) is 9.96. The van der Waals surface area contributed by atoms with Gasteiger partial charge in [0.15, 0.2) is 0 Å². The van der Waals surface area contributed by atoms with Gasteiger partial charge in [0.1, 0.15) is 24.5 Å². The van der Waals surface area contributed by atoms with Gasteiger partial charge in [0.25, 0.3) is 0 Å². The molecule has 9 heteroatoms. The molecule has 0 unspecified atom stereocenters. The first-order valence-electron chi connectivity index (χ1n) is 10.5. The van der Waals surface area contributed by atoms with Crippen molar-refractivity contribution in [3.8, 4) is 11.1 Å². The van der Waals surface area contributed by atoms with Crippen molar-refractivity contribution in [1.29, 1.82) is 0 Å². The molecule has 2 aliphatic heterocycles. The number of carbonyl (C=O) groups excluding carboxylic acids is 1. The molecular weight excluding hydrogens is 414 g/mol. The maximum atomic E-state index is 14.9. The largest absolute Gasteiger partial charge is 0.310 e. The summed E-state index contributed by atoms with van der Waals surface area (Å²) in [7, 11) is 0. The van der Waals surface area contributed by atoms with Gasteiger partial charge in [-0.3, -0.25) is 14.4 Å². The van der Waals surface area contributed by atoms with Crippen molar-refractivity contribution in [2.24, 2.45) is 4.99 Å². The summed E-state index contributed by atoms with van der Waals surface area (Å²) in [5.41, 5.74) is 3.90. The molecule has 3 aliphatic rings. The maximum Gasteiger partial charge on any atom is 0.308 e. The lowest BCUT2D eigenvalue weighted by atomic mass is 9.89. The van der Waals surface area contributed by atoms with Crippen molar-refractivity contribution >= 4 is 17.4 Å². The third kappa shape index (κ3) is 3.12. The van der Waals surface area contributed by atoms with Crippen LogP contribution in [-0.4, -0.2) is 49.3 Å². The van der Waals surface area contributed by atoms with Crippen LogP contribution in [-0.2, 0) is 11.2 Å². The number of allylic oxidation sites excluding steroid dienone is 1. The molecule has 0 saturated heterocycles. The molecule has 0 radical (unpaired) electrons. The number of halogens is 2. The number of aliphatic imine (C=N–C) groups is 1. The number of amides is 1. The van der Waals surface area contributed by atoms with Gasteiger partial charge in [-0.25, -0.2) is 19.3 Å². The van der Waals surface area contributed by atoms with Crippen LogP contribution in [0.5, 0.6) is 0 Å². The van der Waals surface area contributed by atoms with Crippen LogP contribution in [0.1, 0.15) is 35.6 Å². The van der Waals surface area contributed by atoms with Crippen LogP contribution in [0.25, 0.3) is 16.8 Å². The molecule has 4 heterocycles. The Bertz CT molecular complexity index is 1310. The first-order valence-corrected chi connectivity index (χ1v) is 10.5. The van der Waals surface area contributed by atoms with E-state index in [0.29, 0.717) is 41.5 Å². The Balaban J connectivity index is 1.48. The quantitative estimate of drug-likeness (QED) is 0.583. The van der Waals surface area contributed by atoms with E-state index >= 15 is 0 Å². The lowest BCUT2D eigenvalue weighted by Crippen LogP contribution is -2.36. The number of nitrogens with zero attached hydrogens (tertiary/aromatic N) is 6. The van der Waals surface area contributed by atoms with E-state index in [1.165, 1.54) is 18.5 Å². The second kappa shape index (κ2) is 7.15. The molecule has 0 N–H and O–H groups in total. The average molecular weight is 432 g/mol. The minimum Gasteiger partial charge on any atom is -0.310 e. The number of rotatable bonds is 2. The van der Waals surface area contributed by atoms with Gasteiger partial charge >= 0.3 is 6.08 Å². The predicted octanol–water partition coefficient (Wildman–Crippen LogP) is 3.18. The predicted molar refractivity (Wildman–Crippen MR) is 113 cm³/mol. The summed E-state index contributed by atoms with van der Waals surface area (Å²) in [6, 6.07) is 3.03. The van der Waals surface area contributed by atoms with Gasteiger partial charge in [0.2, 0.25) is 5.91 Å². The first-order chi connectivity index (χ1) is 15.6. The molecule has 0 bridgehead atoms. The lowest BCUT2D eigenvalue weighted by Gasteiger charge is -2.32. The topological polar surface area (TPSA) is 76.3 Å². The molecule has 0 spiro atoms. The van der Waals surface area contributed by atoms with E-state index in [1.54, 1.807) is 17.3 Å². The fraction of sp³-hybridized carbons (Fsp3) is 0.261. The third-order valence-corrected chi connectivity index (χ3v) is 6.13. The van der Waals surface area contributed by atoms with Crippen molar-refractivity contribution in [1.82, 2.24) is 24.4 Å². The minimum absolute atomic E-state index is 0.0292. The van der Waals surface area contributed by atoms with Crippen LogP contribution < -0.4 is 0 Å². The molecule has 1 aliphatic carbocycles. The molecule has 7 nitrogen and oxygen atoms in total. The van der Waals surface area contributed by atoms with E-state index < -0.39 is 11.9 Å². The van der Waals surface area contributed by atoms with E-state index in [0.717, 1.165) is 29.7 Å². The molecule has 1 saturated carbocycles. The zero-order valence-corrected chi connectivity index (χ0v) is 17.0. The van der Waals surface area contributed by atoms with Gasteiger partial charge in [-0.1, -0.05) is 0 Å². The third-order valence-electron chi connectivity index (χ3n) is 6.13. The SMILES string of the molecule is O=C1CN=C(n2cnc(C3CC3)c2)C=C2c3ccc(F)c(-c4cnc(F)nc4)c3CCN12. The van der Waals surface area contributed by atoms with E-state index in [9.17, 15) is 13.6 Å². The summed E-state index contributed by atoms with van der Waals surface area (Å²) in [4.78, 5) is 30.7. The molecule has 0 atom stereocenters. The standard InChI is InChI=1S/C23H18F2N6O/c24-17-4-3-15-16(22(17)14-8-27-23(25)28-9-14)5-6-31-19(15)7-20(26-10-21(31)32)30-11-18(29-12-30)13-1-2-13/h3-4,7-9,11-13H,1-2,5-6,10H2. The minimum atomic E-state index is -0.867. The van der Waals surface area contributed by atoms with Crippen LogP contribution in [0.2, 0.25) is 0 Å². The van der Waals surface area contributed by atoms with Crippen LogP contribution in [0.3, 0.4) is 0 Å². The Hall–Kier alpha value is -3.75. The number of aromatic nitrogens is 4. The smallest absolute Gasteiger partial charge is 0.308 e. The Labute approximate surface area is 182 Å². The maximum absolute atomic E-state index is 14.9. The van der Waals surface area contributed by atoms with Crippen molar-refractivity contribution in [3.05, 3.63) is 71.8 Å². The monoisotopic (exact) mass is 432 g/mol. The highest BCUT2D eigenvalue weighted by molar-refractivity contribution is 6.06. The molecule has 3 aromatic rings. The summed E-state index contributed by atoms with van der Waals surface area (Å²) >= 11 is 0. The number of imidazole rings is 1. The van der Waals surface area contributed by atoms with Crippen LogP contribution >= 0.6 is 0 Å². The summed E-state index contributed by atoms with van der Waals surface area (Å²) in [5.74, 6) is 0.562. The molecule has 2 aromatic heterocycles. The van der Waals surface area contributed by atoms with Gasteiger partial charge in [0.05, 0.1) is 11.4 Å². The molecule has 160 valence electrons. The zero-order valence-electron chi connectivity index (χ0n) is 17.0. The average Bonchev–Trinajstić information content (AvgIpc) is 3.56. The highest BCUT2D eigenvalue weighted by Gasteiger charge is 2.31. The Morgan fingerprint density at radius 3 is 2.66 bits per heavy atom. The van der Waals surface area contributed by atoms with E-state index in [2.05, 4.69) is 19.9 Å². The summed E-state index contributed by atoms with van der Waals surface area (Å²) < 4.78 is 29.9. The van der Waals surface area contributed by atoms with Crippen LogP contribution in [0, 0.1) is 11.9 Å². The van der Waals surface area contributed by atoms with Gasteiger partial charge in [0, 0.05) is 53.8 Å². The van der Waals surface area contributed by atoms with Gasteiger partial charge in [-0.15, -0.1) is 0 Å². The molecule has 1 fully saturated rings. The van der Waals surface area contributed by atoms with Crippen molar-refractivity contribution < 1.29 is 13.6 Å². The second-order valence-electron chi connectivity index (χ2n) is 8.17. The van der Waals surface area contributed by atoms with E-state index in [1.807, 2.05) is 16.8 Å². The number of carbonyl (C=O) groups is 1. The lowest BCUT2D eigenvalue weighted by molar-refractivity contribution is -0.126. The first kappa shape index (κ1) is 19.0. The van der Waals surface area contributed by atoms with E-state index in [-0.39, 0.29) is 12.5 Å². The van der Waals surface area contributed by atoms with Gasteiger partial charge in [-0.2, -0.15) is 4.39 Å². The fourth-order valence-electron chi connectivity index (χ4n) is 4.39. The van der Waals surface area contributed by atoms with Crippen molar-refractivity contribution in [2.75, 3.05) is 13.1 Å². The van der Waals surface area contributed by atoms with Gasteiger partial charge in [-0.05, 0) is 37.0 Å². The molecule has 1 aromatic carbocycles. The van der Waals surface area contributed by atoms with E-state index in [4.69, 9.17) is 0 Å². The molecule has 1 amide bonds. The zero-order chi connectivity index (χ0) is 21.8.